The Hall–Kier alpha value is -1.63. The number of aromatic nitrogens is 1. The highest BCUT2D eigenvalue weighted by atomic mass is 35.5. The Bertz CT molecular complexity index is 784. The van der Waals surface area contributed by atoms with Crippen LogP contribution in [0.4, 0.5) is 4.79 Å². The third-order valence-electron chi connectivity index (χ3n) is 4.81. The van der Waals surface area contributed by atoms with E-state index >= 15 is 0 Å². The number of halogens is 1. The van der Waals surface area contributed by atoms with Crippen LogP contribution in [-0.4, -0.2) is 47.0 Å². The van der Waals surface area contributed by atoms with Crippen molar-refractivity contribution in [3.8, 4) is 0 Å². The lowest BCUT2D eigenvalue weighted by molar-refractivity contribution is 0.197. The van der Waals surface area contributed by atoms with Gasteiger partial charge in [-0.15, -0.1) is 11.3 Å². The van der Waals surface area contributed by atoms with E-state index in [0.717, 1.165) is 54.9 Å². The van der Waals surface area contributed by atoms with Gasteiger partial charge in [-0.1, -0.05) is 44.5 Å². The quantitative estimate of drug-likeness (QED) is 0.791. The molecule has 2 heterocycles. The van der Waals surface area contributed by atoms with E-state index < -0.39 is 0 Å². The highest BCUT2D eigenvalue weighted by Gasteiger charge is 2.21. The fraction of sp³-hybridized carbons (Fsp3) is 0.524. The first-order valence-corrected chi connectivity index (χ1v) is 11.0. The molecule has 2 aromatic rings. The number of benzene rings is 1. The van der Waals surface area contributed by atoms with E-state index in [-0.39, 0.29) is 11.4 Å². The molecule has 1 aromatic heterocycles. The van der Waals surface area contributed by atoms with Gasteiger partial charge in [0.2, 0.25) is 0 Å². The van der Waals surface area contributed by atoms with Crippen LogP contribution < -0.4 is 5.32 Å². The largest absolute Gasteiger partial charge is 0.332 e. The molecule has 1 fully saturated rings. The number of hydrogen-bond donors (Lipinski definition) is 1. The summed E-state index contributed by atoms with van der Waals surface area (Å²) in [7, 11) is 0. The van der Waals surface area contributed by atoms with E-state index in [0.29, 0.717) is 6.54 Å². The van der Waals surface area contributed by atoms with Gasteiger partial charge in [-0.3, -0.25) is 4.90 Å². The molecule has 0 bridgehead atoms. The van der Waals surface area contributed by atoms with Crippen molar-refractivity contribution in [1.29, 1.82) is 0 Å². The van der Waals surface area contributed by atoms with Crippen molar-refractivity contribution in [1.82, 2.24) is 20.1 Å². The Kier molecular flexibility index (Phi) is 6.96. The molecule has 3 rings (SSSR count). The zero-order chi connectivity index (χ0) is 20.1. The molecule has 1 aliphatic heterocycles. The second-order valence-electron chi connectivity index (χ2n) is 8.30. The summed E-state index contributed by atoms with van der Waals surface area (Å²) in [6.07, 6.45) is 0.978. The molecule has 2 amide bonds. The van der Waals surface area contributed by atoms with E-state index in [1.165, 1.54) is 5.56 Å². The molecule has 0 atom stereocenters. The average molecular weight is 421 g/mol. The summed E-state index contributed by atoms with van der Waals surface area (Å²) in [5.41, 5.74) is 2.23. The van der Waals surface area contributed by atoms with Gasteiger partial charge in [-0.2, -0.15) is 0 Å². The number of nitrogens with one attached hydrogen (secondary N) is 1. The van der Waals surface area contributed by atoms with Gasteiger partial charge in [-0.05, 0) is 24.1 Å². The first kappa shape index (κ1) is 21.1. The Morgan fingerprint density at radius 2 is 1.93 bits per heavy atom. The molecule has 1 aromatic carbocycles. The van der Waals surface area contributed by atoms with Crippen LogP contribution in [0.1, 0.15) is 43.5 Å². The highest BCUT2D eigenvalue weighted by molar-refractivity contribution is 7.09. The lowest BCUT2D eigenvalue weighted by Crippen LogP contribution is -2.41. The smallest absolute Gasteiger partial charge is 0.317 e. The predicted molar refractivity (Wildman–Crippen MR) is 116 cm³/mol. The molecule has 1 aliphatic rings. The van der Waals surface area contributed by atoms with Crippen molar-refractivity contribution < 1.29 is 4.79 Å². The molecular formula is C21H29ClN4OS. The third kappa shape index (κ3) is 5.93. The molecule has 1 saturated heterocycles. The van der Waals surface area contributed by atoms with Gasteiger partial charge in [0.05, 0.1) is 17.2 Å². The maximum absolute atomic E-state index is 12.6. The van der Waals surface area contributed by atoms with Crippen molar-refractivity contribution in [3.63, 3.8) is 0 Å². The molecule has 0 radical (unpaired) electrons. The fourth-order valence-corrected chi connectivity index (χ4v) is 4.22. The van der Waals surface area contributed by atoms with E-state index in [1.54, 1.807) is 11.3 Å². The minimum atomic E-state index is -0.00125. The van der Waals surface area contributed by atoms with Crippen LogP contribution in [-0.2, 0) is 18.5 Å². The Morgan fingerprint density at radius 3 is 2.61 bits per heavy atom. The number of urea groups is 1. The summed E-state index contributed by atoms with van der Waals surface area (Å²) in [5, 5.41) is 6.93. The van der Waals surface area contributed by atoms with Crippen LogP contribution in [0.15, 0.2) is 29.6 Å². The number of nitrogens with zero attached hydrogens (tertiary/aromatic N) is 3. The molecular weight excluding hydrogens is 392 g/mol. The monoisotopic (exact) mass is 420 g/mol. The molecule has 0 saturated carbocycles. The van der Waals surface area contributed by atoms with Gasteiger partial charge in [0.1, 0.15) is 0 Å². The van der Waals surface area contributed by atoms with Gasteiger partial charge in [0, 0.05) is 48.5 Å². The fourth-order valence-electron chi connectivity index (χ4n) is 3.19. The maximum atomic E-state index is 12.6. The lowest BCUT2D eigenvalue weighted by atomic mass is 9.98. The molecule has 152 valence electrons. The maximum Gasteiger partial charge on any atom is 0.317 e. The molecule has 0 aliphatic carbocycles. The van der Waals surface area contributed by atoms with Crippen molar-refractivity contribution >= 4 is 29.0 Å². The number of rotatable bonds is 4. The van der Waals surface area contributed by atoms with Crippen molar-refractivity contribution in [2.45, 2.75) is 45.7 Å². The van der Waals surface area contributed by atoms with Crippen LogP contribution in [0.2, 0.25) is 5.02 Å². The Balaban J connectivity index is 1.47. The summed E-state index contributed by atoms with van der Waals surface area (Å²) >= 11 is 7.62. The van der Waals surface area contributed by atoms with Gasteiger partial charge in [0.15, 0.2) is 0 Å². The van der Waals surface area contributed by atoms with Crippen molar-refractivity contribution in [2.75, 3.05) is 26.2 Å². The lowest BCUT2D eigenvalue weighted by Gasteiger charge is -2.22. The summed E-state index contributed by atoms with van der Waals surface area (Å²) < 4.78 is 0. The predicted octanol–water partition coefficient (Wildman–Crippen LogP) is 4.51. The minimum absolute atomic E-state index is 0.00125. The molecule has 0 spiro atoms. The van der Waals surface area contributed by atoms with Crippen LogP contribution >= 0.6 is 22.9 Å². The summed E-state index contributed by atoms with van der Waals surface area (Å²) in [6, 6.07) is 7.99. The number of carbonyl (C=O) groups excluding carboxylic acids is 1. The van der Waals surface area contributed by atoms with Crippen LogP contribution in [0.5, 0.6) is 0 Å². The third-order valence-corrected chi connectivity index (χ3v) is 6.38. The summed E-state index contributed by atoms with van der Waals surface area (Å²) in [4.78, 5) is 21.5. The number of hydrogen-bond acceptors (Lipinski definition) is 4. The molecule has 7 heteroatoms. The zero-order valence-corrected chi connectivity index (χ0v) is 18.4. The standard InChI is InChI=1S/C21H29ClN4OS/c1-21(2,3)19-24-18(15-28-19)13-23-20(27)26-10-4-9-25(11-12-26)14-16-5-7-17(22)8-6-16/h5-8,15H,4,9-14H2,1-3H3,(H,23,27). The van der Waals surface area contributed by atoms with Gasteiger partial charge < -0.3 is 10.2 Å². The first-order chi connectivity index (χ1) is 13.3. The second-order valence-corrected chi connectivity index (χ2v) is 9.59. The molecule has 0 unspecified atom stereocenters. The second kappa shape index (κ2) is 9.25. The van der Waals surface area contributed by atoms with Crippen molar-refractivity contribution in [2.24, 2.45) is 0 Å². The summed E-state index contributed by atoms with van der Waals surface area (Å²) in [6.45, 7) is 11.2. The molecule has 1 N–H and O–H groups in total. The average Bonchev–Trinajstić information content (AvgIpc) is 3.02. The number of thiazole rings is 1. The van der Waals surface area contributed by atoms with Crippen LogP contribution in [0, 0.1) is 0 Å². The Morgan fingerprint density at radius 1 is 1.18 bits per heavy atom. The highest BCUT2D eigenvalue weighted by Crippen LogP contribution is 2.25. The minimum Gasteiger partial charge on any atom is -0.332 e. The van der Waals surface area contributed by atoms with E-state index in [9.17, 15) is 4.79 Å². The summed E-state index contributed by atoms with van der Waals surface area (Å²) in [5.74, 6) is 0. The Labute approximate surface area is 176 Å². The van der Waals surface area contributed by atoms with Gasteiger partial charge in [0.25, 0.3) is 0 Å². The number of amides is 2. The van der Waals surface area contributed by atoms with Gasteiger partial charge >= 0.3 is 6.03 Å². The normalized spacial score (nSPS) is 16.1. The van der Waals surface area contributed by atoms with Crippen LogP contribution in [0.3, 0.4) is 0 Å². The molecule has 28 heavy (non-hydrogen) atoms. The topological polar surface area (TPSA) is 48.5 Å². The SMILES string of the molecule is CC(C)(C)c1nc(CNC(=O)N2CCCN(Cc3ccc(Cl)cc3)CC2)cs1. The number of carbonyl (C=O) groups is 1. The van der Waals surface area contributed by atoms with E-state index in [4.69, 9.17) is 11.6 Å². The van der Waals surface area contributed by atoms with E-state index in [1.807, 2.05) is 22.4 Å². The zero-order valence-electron chi connectivity index (χ0n) is 16.9. The van der Waals surface area contributed by atoms with Crippen LogP contribution in [0.25, 0.3) is 0 Å². The van der Waals surface area contributed by atoms with Gasteiger partial charge in [-0.25, -0.2) is 9.78 Å². The molecule has 5 nitrogen and oxygen atoms in total. The first-order valence-electron chi connectivity index (χ1n) is 9.76. The van der Waals surface area contributed by atoms with Crippen molar-refractivity contribution in [3.05, 3.63) is 50.9 Å². The van der Waals surface area contributed by atoms with E-state index in [2.05, 4.69) is 48.1 Å².